The third-order valence-corrected chi connectivity index (χ3v) is 5.64. The van der Waals surface area contributed by atoms with E-state index in [0.717, 1.165) is 29.9 Å². The Balaban J connectivity index is 1.87. The van der Waals surface area contributed by atoms with E-state index in [0.29, 0.717) is 35.1 Å². The molecule has 0 unspecified atom stereocenters. The van der Waals surface area contributed by atoms with Gasteiger partial charge in [0, 0.05) is 11.6 Å². The topological polar surface area (TPSA) is 96.7 Å². The lowest BCUT2D eigenvalue weighted by Crippen LogP contribution is -2.45. The number of furan rings is 1. The highest BCUT2D eigenvalue weighted by Crippen LogP contribution is 2.32. The van der Waals surface area contributed by atoms with E-state index in [-0.39, 0.29) is 11.9 Å². The van der Waals surface area contributed by atoms with Crippen LogP contribution in [0.4, 0.5) is 0 Å². The molecule has 3 aromatic rings. The normalized spacial score (nSPS) is 15.7. The number of nitrogens with one attached hydrogen (secondary N) is 1. The number of nitriles is 1. The fourth-order valence-electron chi connectivity index (χ4n) is 4.13. The largest absolute Gasteiger partial charge is 0.466 e. The number of fused-ring (bicyclic) bond motifs is 1. The van der Waals surface area contributed by atoms with Crippen LogP contribution in [0, 0.1) is 25.2 Å². The Hall–Kier alpha value is -3.14. The Bertz CT molecular complexity index is 1130. The van der Waals surface area contributed by atoms with Gasteiger partial charge in [0.25, 0.3) is 5.91 Å². The van der Waals surface area contributed by atoms with Crippen molar-refractivity contribution in [1.82, 2.24) is 20.1 Å². The first kappa shape index (κ1) is 19.2. The maximum Gasteiger partial charge on any atom is 0.253 e. The van der Waals surface area contributed by atoms with Crippen LogP contribution in [0.25, 0.3) is 22.3 Å². The third-order valence-electron chi connectivity index (χ3n) is 5.64. The molecule has 0 spiro atoms. The molecule has 0 aliphatic heterocycles. The average Bonchev–Trinajstić information content (AvgIpc) is 3.39. The molecule has 0 atom stereocenters. The summed E-state index contributed by atoms with van der Waals surface area (Å²) in [5, 5.41) is 17.8. The molecule has 4 rings (SSSR count). The lowest BCUT2D eigenvalue weighted by Gasteiger charge is -2.22. The summed E-state index contributed by atoms with van der Waals surface area (Å²) in [5.41, 5.74) is 1.86. The van der Waals surface area contributed by atoms with Gasteiger partial charge in [0.15, 0.2) is 5.65 Å². The minimum absolute atomic E-state index is 0.0960. The number of carbonyl (C=O) groups is 1. The van der Waals surface area contributed by atoms with Crippen LogP contribution in [0.2, 0.25) is 0 Å². The molecule has 1 aliphatic rings. The van der Waals surface area contributed by atoms with Crippen LogP contribution in [0.15, 0.2) is 22.7 Å². The first-order valence-corrected chi connectivity index (χ1v) is 10.0. The molecule has 1 fully saturated rings. The van der Waals surface area contributed by atoms with Crippen LogP contribution in [-0.4, -0.2) is 26.2 Å². The Morgan fingerprint density at radius 3 is 2.62 bits per heavy atom. The van der Waals surface area contributed by atoms with Gasteiger partial charge in [-0.25, -0.2) is 9.67 Å². The SMILES string of the molecule is Cc1cc(-c2cc(C(=O)NC3(C#N)CCCC3)c3cnn(C(C)C)c3n2)c(C)o1. The Kier molecular flexibility index (Phi) is 4.65. The standard InChI is InChI=1S/C22H25N5O2/c1-13(2)27-20-18(11-24-27)17(21(28)26-22(12-23)7-5-6-8-22)10-19(25-20)16-9-14(3)29-15(16)4/h9-11,13H,5-8H2,1-4H3,(H,26,28). The van der Waals surface area contributed by atoms with Gasteiger partial charge in [-0.3, -0.25) is 4.79 Å². The van der Waals surface area contributed by atoms with Crippen molar-refractivity contribution in [3.63, 3.8) is 0 Å². The molecule has 150 valence electrons. The Labute approximate surface area is 169 Å². The number of aromatic nitrogens is 3. The monoisotopic (exact) mass is 391 g/mol. The highest BCUT2D eigenvalue weighted by atomic mass is 16.3. The predicted octanol–water partition coefficient (Wildman–Crippen LogP) is 4.46. The molecular formula is C22H25N5O2. The van der Waals surface area contributed by atoms with Crippen molar-refractivity contribution >= 4 is 16.9 Å². The summed E-state index contributed by atoms with van der Waals surface area (Å²) in [4.78, 5) is 18.1. The summed E-state index contributed by atoms with van der Waals surface area (Å²) in [6.07, 6.45) is 4.94. The molecule has 1 amide bonds. The lowest BCUT2D eigenvalue weighted by atomic mass is 9.98. The minimum atomic E-state index is -0.789. The molecule has 7 heteroatoms. The van der Waals surface area contributed by atoms with Crippen molar-refractivity contribution in [2.24, 2.45) is 0 Å². The quantitative estimate of drug-likeness (QED) is 0.708. The molecule has 29 heavy (non-hydrogen) atoms. The number of hydrogen-bond donors (Lipinski definition) is 1. The number of rotatable bonds is 4. The number of amides is 1. The molecule has 1 saturated carbocycles. The van der Waals surface area contributed by atoms with Crippen LogP contribution in [0.3, 0.4) is 0 Å². The molecule has 0 bridgehead atoms. The molecule has 3 aromatic heterocycles. The second-order valence-corrected chi connectivity index (χ2v) is 8.16. The number of pyridine rings is 1. The third kappa shape index (κ3) is 3.29. The van der Waals surface area contributed by atoms with Crippen LogP contribution >= 0.6 is 0 Å². The zero-order chi connectivity index (χ0) is 20.8. The smallest absolute Gasteiger partial charge is 0.253 e. The maximum atomic E-state index is 13.3. The highest BCUT2D eigenvalue weighted by Gasteiger charge is 2.36. The fourth-order valence-corrected chi connectivity index (χ4v) is 4.13. The van der Waals surface area contributed by atoms with Gasteiger partial charge in [0.1, 0.15) is 17.1 Å². The summed E-state index contributed by atoms with van der Waals surface area (Å²) < 4.78 is 7.49. The van der Waals surface area contributed by atoms with Gasteiger partial charge in [0.05, 0.1) is 28.9 Å². The van der Waals surface area contributed by atoms with Gasteiger partial charge in [0.2, 0.25) is 0 Å². The Morgan fingerprint density at radius 1 is 1.31 bits per heavy atom. The average molecular weight is 391 g/mol. The van der Waals surface area contributed by atoms with Gasteiger partial charge >= 0.3 is 0 Å². The van der Waals surface area contributed by atoms with Crippen LogP contribution in [-0.2, 0) is 0 Å². The molecule has 0 aromatic carbocycles. The second kappa shape index (κ2) is 7.03. The second-order valence-electron chi connectivity index (χ2n) is 8.16. The fraction of sp³-hybridized carbons (Fsp3) is 0.455. The van der Waals surface area contributed by atoms with Crippen molar-refractivity contribution in [1.29, 1.82) is 5.26 Å². The predicted molar refractivity (Wildman–Crippen MR) is 109 cm³/mol. The number of carbonyl (C=O) groups excluding carboxylic acids is 1. The summed E-state index contributed by atoms with van der Waals surface area (Å²) >= 11 is 0. The van der Waals surface area contributed by atoms with Crippen molar-refractivity contribution in [2.45, 2.75) is 65.0 Å². The van der Waals surface area contributed by atoms with E-state index in [1.54, 1.807) is 12.3 Å². The highest BCUT2D eigenvalue weighted by molar-refractivity contribution is 6.07. The van der Waals surface area contributed by atoms with E-state index in [4.69, 9.17) is 9.40 Å². The summed E-state index contributed by atoms with van der Waals surface area (Å²) in [6.45, 7) is 7.82. The van der Waals surface area contributed by atoms with Crippen molar-refractivity contribution in [3.8, 4) is 17.3 Å². The molecule has 0 radical (unpaired) electrons. The van der Waals surface area contributed by atoms with Gasteiger partial charge in [-0.1, -0.05) is 0 Å². The number of nitrogens with zero attached hydrogens (tertiary/aromatic N) is 4. The lowest BCUT2D eigenvalue weighted by molar-refractivity contribution is 0.0922. The van der Waals surface area contributed by atoms with Gasteiger partial charge in [-0.2, -0.15) is 10.4 Å². The van der Waals surface area contributed by atoms with E-state index < -0.39 is 5.54 Å². The van der Waals surface area contributed by atoms with Crippen molar-refractivity contribution in [3.05, 3.63) is 35.4 Å². The van der Waals surface area contributed by atoms with E-state index in [9.17, 15) is 10.1 Å². The van der Waals surface area contributed by atoms with Crippen LogP contribution in [0.1, 0.15) is 67.5 Å². The molecule has 0 saturated heterocycles. The van der Waals surface area contributed by atoms with Gasteiger partial charge < -0.3 is 9.73 Å². The first-order valence-electron chi connectivity index (χ1n) is 10.0. The Morgan fingerprint density at radius 2 is 2.03 bits per heavy atom. The molecule has 3 heterocycles. The van der Waals surface area contributed by atoms with E-state index in [1.165, 1.54) is 0 Å². The molecular weight excluding hydrogens is 366 g/mol. The van der Waals surface area contributed by atoms with E-state index in [2.05, 4.69) is 16.5 Å². The zero-order valence-corrected chi connectivity index (χ0v) is 17.2. The number of aryl methyl sites for hydroxylation is 2. The summed E-state index contributed by atoms with van der Waals surface area (Å²) in [6, 6.07) is 6.13. The molecule has 1 aliphatic carbocycles. The van der Waals surface area contributed by atoms with Gasteiger partial charge in [-0.15, -0.1) is 0 Å². The van der Waals surface area contributed by atoms with Crippen molar-refractivity contribution < 1.29 is 9.21 Å². The first-order chi connectivity index (χ1) is 13.8. The minimum Gasteiger partial charge on any atom is -0.466 e. The maximum absolute atomic E-state index is 13.3. The number of hydrogen-bond acceptors (Lipinski definition) is 5. The van der Waals surface area contributed by atoms with Crippen molar-refractivity contribution in [2.75, 3.05) is 0 Å². The van der Waals surface area contributed by atoms with E-state index >= 15 is 0 Å². The summed E-state index contributed by atoms with van der Waals surface area (Å²) in [5.74, 6) is 1.28. The van der Waals surface area contributed by atoms with Gasteiger partial charge in [-0.05, 0) is 65.5 Å². The van der Waals surface area contributed by atoms with Crippen LogP contribution in [0.5, 0.6) is 0 Å². The molecule has 1 N–H and O–H groups in total. The summed E-state index contributed by atoms with van der Waals surface area (Å²) in [7, 11) is 0. The zero-order valence-electron chi connectivity index (χ0n) is 17.2. The van der Waals surface area contributed by atoms with Crippen LogP contribution < -0.4 is 5.32 Å². The molecule has 7 nitrogen and oxygen atoms in total. The van der Waals surface area contributed by atoms with E-state index in [1.807, 2.05) is 38.4 Å².